The highest BCUT2D eigenvalue weighted by Gasteiger charge is 2.15. The first kappa shape index (κ1) is 15.7. The van der Waals surface area contributed by atoms with E-state index in [9.17, 15) is 9.59 Å². The molecule has 6 nitrogen and oxygen atoms in total. The zero-order chi connectivity index (χ0) is 13.3. The van der Waals surface area contributed by atoms with E-state index in [1.54, 1.807) is 14.0 Å². The second-order valence-electron chi connectivity index (χ2n) is 4.14. The summed E-state index contributed by atoms with van der Waals surface area (Å²) in [5, 5.41) is 5.07. The molecule has 0 radical (unpaired) electrons. The van der Waals surface area contributed by atoms with Crippen LogP contribution in [0.3, 0.4) is 0 Å². The summed E-state index contributed by atoms with van der Waals surface area (Å²) in [7, 11) is 1.55. The molecule has 2 amide bonds. The molecule has 100 valence electrons. The number of amides is 2. The van der Waals surface area contributed by atoms with Crippen LogP contribution in [0.4, 0.5) is 4.79 Å². The van der Waals surface area contributed by atoms with Crippen LogP contribution in [0.5, 0.6) is 0 Å². The van der Waals surface area contributed by atoms with Gasteiger partial charge in [-0.25, -0.2) is 4.79 Å². The lowest BCUT2D eigenvalue weighted by molar-refractivity contribution is -0.122. The number of hydrogen-bond donors (Lipinski definition) is 2. The molecule has 0 aromatic rings. The Kier molecular flexibility index (Phi) is 8.13. The molecule has 6 heteroatoms. The predicted molar refractivity (Wildman–Crippen MR) is 63.7 cm³/mol. The fourth-order valence-electron chi connectivity index (χ4n) is 0.956. The Hall–Kier alpha value is -1.30. The molecule has 1 atom stereocenters. The fourth-order valence-corrected chi connectivity index (χ4v) is 0.956. The number of rotatable bonds is 7. The van der Waals surface area contributed by atoms with E-state index < -0.39 is 12.1 Å². The van der Waals surface area contributed by atoms with Crippen LogP contribution in [0.15, 0.2) is 0 Å². The van der Waals surface area contributed by atoms with Gasteiger partial charge in [-0.1, -0.05) is 13.8 Å². The smallest absolute Gasteiger partial charge is 0.407 e. The predicted octanol–water partition coefficient (Wildman–Crippen LogP) is 0.520. The van der Waals surface area contributed by atoms with Crippen molar-refractivity contribution in [1.29, 1.82) is 0 Å². The molecule has 0 aliphatic heterocycles. The Balaban J connectivity index is 3.78. The second kappa shape index (κ2) is 8.81. The third kappa shape index (κ3) is 8.50. The van der Waals surface area contributed by atoms with Crippen molar-refractivity contribution in [2.24, 2.45) is 5.92 Å². The topological polar surface area (TPSA) is 76.7 Å². The Labute approximate surface area is 102 Å². The monoisotopic (exact) mass is 246 g/mol. The minimum absolute atomic E-state index is 0.261. The summed E-state index contributed by atoms with van der Waals surface area (Å²) in [5.41, 5.74) is 0. The SMILES string of the molecule is COCCNC(=O)[C@H](C)NC(=O)OCC(C)C. The van der Waals surface area contributed by atoms with Gasteiger partial charge in [0, 0.05) is 13.7 Å². The Morgan fingerprint density at radius 1 is 1.24 bits per heavy atom. The maximum absolute atomic E-state index is 11.5. The molecule has 0 rings (SSSR count). The molecule has 0 fully saturated rings. The zero-order valence-electron chi connectivity index (χ0n) is 10.9. The van der Waals surface area contributed by atoms with Gasteiger partial charge in [0.05, 0.1) is 13.2 Å². The number of ether oxygens (including phenoxy) is 2. The third-order valence-corrected chi connectivity index (χ3v) is 1.88. The molecular formula is C11H22N2O4. The number of alkyl carbamates (subject to hydrolysis) is 1. The van der Waals surface area contributed by atoms with Gasteiger partial charge in [0.15, 0.2) is 0 Å². The van der Waals surface area contributed by atoms with Crippen molar-refractivity contribution in [3.63, 3.8) is 0 Å². The first-order valence-corrected chi connectivity index (χ1v) is 5.67. The fraction of sp³-hybridized carbons (Fsp3) is 0.818. The summed E-state index contributed by atoms with van der Waals surface area (Å²) in [4.78, 5) is 22.7. The van der Waals surface area contributed by atoms with Crippen molar-refractivity contribution >= 4 is 12.0 Å². The van der Waals surface area contributed by atoms with E-state index in [0.717, 1.165) is 0 Å². The standard InChI is InChI=1S/C11H22N2O4/c1-8(2)7-17-11(15)13-9(3)10(14)12-5-6-16-4/h8-9H,5-7H2,1-4H3,(H,12,14)(H,13,15)/t9-/m0/s1. The van der Waals surface area contributed by atoms with E-state index in [0.29, 0.717) is 19.8 Å². The molecule has 0 saturated heterocycles. The highest BCUT2D eigenvalue weighted by Crippen LogP contribution is 1.93. The van der Waals surface area contributed by atoms with Crippen molar-refractivity contribution in [2.75, 3.05) is 26.9 Å². The maximum atomic E-state index is 11.5. The van der Waals surface area contributed by atoms with E-state index in [1.165, 1.54) is 0 Å². The lowest BCUT2D eigenvalue weighted by Gasteiger charge is -2.14. The molecule has 0 bridgehead atoms. The molecule has 17 heavy (non-hydrogen) atoms. The molecule has 0 heterocycles. The number of carbonyl (C=O) groups excluding carboxylic acids is 2. The van der Waals surface area contributed by atoms with Crippen LogP contribution in [0.1, 0.15) is 20.8 Å². The van der Waals surface area contributed by atoms with Crippen LogP contribution in [0, 0.1) is 5.92 Å². The third-order valence-electron chi connectivity index (χ3n) is 1.88. The highest BCUT2D eigenvalue weighted by molar-refractivity contribution is 5.85. The average Bonchev–Trinajstić information content (AvgIpc) is 2.26. The van der Waals surface area contributed by atoms with Crippen LogP contribution in [-0.4, -0.2) is 44.9 Å². The summed E-state index contributed by atoms with van der Waals surface area (Å²) >= 11 is 0. The van der Waals surface area contributed by atoms with E-state index in [1.807, 2.05) is 13.8 Å². The van der Waals surface area contributed by atoms with E-state index >= 15 is 0 Å². The maximum Gasteiger partial charge on any atom is 0.407 e. The number of carbonyl (C=O) groups is 2. The Morgan fingerprint density at radius 3 is 2.41 bits per heavy atom. The molecule has 0 saturated carbocycles. The molecule has 0 aromatic carbocycles. The number of hydrogen-bond acceptors (Lipinski definition) is 4. The van der Waals surface area contributed by atoms with Crippen LogP contribution >= 0.6 is 0 Å². The van der Waals surface area contributed by atoms with Crippen molar-refractivity contribution < 1.29 is 19.1 Å². The number of nitrogens with one attached hydrogen (secondary N) is 2. The summed E-state index contributed by atoms with van der Waals surface area (Å²) in [6.45, 7) is 6.67. The lowest BCUT2D eigenvalue weighted by atomic mass is 10.2. The average molecular weight is 246 g/mol. The Morgan fingerprint density at radius 2 is 1.88 bits per heavy atom. The minimum Gasteiger partial charge on any atom is -0.449 e. The molecule has 0 unspecified atom stereocenters. The quantitative estimate of drug-likeness (QED) is 0.642. The molecular weight excluding hydrogens is 224 g/mol. The molecule has 0 aliphatic carbocycles. The second-order valence-corrected chi connectivity index (χ2v) is 4.14. The summed E-state index contributed by atoms with van der Waals surface area (Å²) < 4.78 is 9.69. The summed E-state index contributed by atoms with van der Waals surface area (Å²) in [6.07, 6.45) is -0.576. The van der Waals surface area contributed by atoms with Gasteiger partial charge < -0.3 is 20.1 Å². The van der Waals surface area contributed by atoms with Gasteiger partial charge in [0.25, 0.3) is 0 Å². The van der Waals surface area contributed by atoms with Gasteiger partial charge in [0.1, 0.15) is 6.04 Å². The van der Waals surface area contributed by atoms with Gasteiger partial charge in [-0.05, 0) is 12.8 Å². The van der Waals surface area contributed by atoms with Gasteiger partial charge in [-0.3, -0.25) is 4.79 Å². The van der Waals surface area contributed by atoms with Crippen LogP contribution in [-0.2, 0) is 14.3 Å². The van der Waals surface area contributed by atoms with E-state index in [-0.39, 0.29) is 11.8 Å². The normalized spacial score (nSPS) is 12.1. The van der Waals surface area contributed by atoms with E-state index in [4.69, 9.17) is 9.47 Å². The highest BCUT2D eigenvalue weighted by atomic mass is 16.5. The first-order chi connectivity index (χ1) is 7.97. The van der Waals surface area contributed by atoms with Crippen molar-refractivity contribution in [2.45, 2.75) is 26.8 Å². The largest absolute Gasteiger partial charge is 0.449 e. The van der Waals surface area contributed by atoms with Crippen molar-refractivity contribution in [3.8, 4) is 0 Å². The zero-order valence-corrected chi connectivity index (χ0v) is 10.9. The molecule has 0 spiro atoms. The van der Waals surface area contributed by atoms with Crippen LogP contribution < -0.4 is 10.6 Å². The Bertz CT molecular complexity index is 244. The molecule has 0 aliphatic rings. The van der Waals surface area contributed by atoms with Crippen LogP contribution in [0.2, 0.25) is 0 Å². The van der Waals surface area contributed by atoms with Gasteiger partial charge in [-0.15, -0.1) is 0 Å². The van der Waals surface area contributed by atoms with Crippen LogP contribution in [0.25, 0.3) is 0 Å². The van der Waals surface area contributed by atoms with Crippen molar-refractivity contribution in [1.82, 2.24) is 10.6 Å². The van der Waals surface area contributed by atoms with Crippen molar-refractivity contribution in [3.05, 3.63) is 0 Å². The van der Waals surface area contributed by atoms with Gasteiger partial charge in [-0.2, -0.15) is 0 Å². The lowest BCUT2D eigenvalue weighted by Crippen LogP contribution is -2.45. The molecule has 2 N–H and O–H groups in total. The minimum atomic E-state index is -0.619. The summed E-state index contributed by atoms with van der Waals surface area (Å²) in [6, 6.07) is -0.619. The van der Waals surface area contributed by atoms with E-state index in [2.05, 4.69) is 10.6 Å². The molecule has 0 aromatic heterocycles. The van der Waals surface area contributed by atoms with Gasteiger partial charge >= 0.3 is 6.09 Å². The number of methoxy groups -OCH3 is 1. The first-order valence-electron chi connectivity index (χ1n) is 5.67. The van der Waals surface area contributed by atoms with Gasteiger partial charge in [0.2, 0.25) is 5.91 Å². The summed E-state index contributed by atoms with van der Waals surface area (Å²) in [5.74, 6) is 0.00938.